The van der Waals surface area contributed by atoms with Crippen LogP contribution in [0.15, 0.2) is 12.7 Å². The zero-order valence-corrected chi connectivity index (χ0v) is 17.8. The van der Waals surface area contributed by atoms with E-state index in [2.05, 4.69) is 6.58 Å². The lowest BCUT2D eigenvalue weighted by Gasteiger charge is -2.68. The largest absolute Gasteiger partial charge is 0.457 e. The predicted molar refractivity (Wildman–Crippen MR) is 103 cm³/mol. The molecule has 28 heavy (non-hydrogen) atoms. The maximum atomic E-state index is 13.5. The maximum Gasteiger partial charge on any atom is 0.303 e. The van der Waals surface area contributed by atoms with Crippen LogP contribution < -0.4 is 0 Å². The number of fused-ring (bicyclic) bond motifs is 3. The molecular weight excluding hydrogens is 360 g/mol. The Morgan fingerprint density at radius 1 is 1.25 bits per heavy atom. The molecule has 0 aromatic heterocycles. The van der Waals surface area contributed by atoms with E-state index in [-0.39, 0.29) is 17.6 Å². The van der Waals surface area contributed by atoms with Crippen molar-refractivity contribution >= 4 is 11.8 Å². The molecule has 6 nitrogen and oxygen atoms in total. The number of carbonyl (C=O) groups is 2. The van der Waals surface area contributed by atoms with E-state index in [9.17, 15) is 19.8 Å². The summed E-state index contributed by atoms with van der Waals surface area (Å²) in [7, 11) is 0. The molecule has 0 radical (unpaired) electrons. The van der Waals surface area contributed by atoms with Crippen molar-refractivity contribution in [2.24, 2.45) is 22.7 Å². The van der Waals surface area contributed by atoms with Crippen LogP contribution in [0.3, 0.4) is 0 Å². The fourth-order valence-electron chi connectivity index (χ4n) is 6.77. The van der Waals surface area contributed by atoms with Crippen LogP contribution in [0.25, 0.3) is 0 Å². The average Bonchev–Trinajstić information content (AvgIpc) is 2.54. The Hall–Kier alpha value is -1.24. The Morgan fingerprint density at radius 3 is 2.39 bits per heavy atom. The van der Waals surface area contributed by atoms with Crippen molar-refractivity contribution in [3.05, 3.63) is 12.7 Å². The molecule has 158 valence electrons. The number of Topliss-reactive ketones (excluding diaryl/α,β-unsaturated/α-hetero) is 1. The average molecular weight is 395 g/mol. The first kappa shape index (κ1) is 21.5. The summed E-state index contributed by atoms with van der Waals surface area (Å²) < 4.78 is 12.0. The predicted octanol–water partition coefficient (Wildman–Crippen LogP) is 2.41. The molecule has 3 aliphatic rings. The number of rotatable bonds is 2. The first-order chi connectivity index (χ1) is 12.7. The fourth-order valence-corrected chi connectivity index (χ4v) is 6.77. The van der Waals surface area contributed by atoms with Gasteiger partial charge in [-0.05, 0) is 32.1 Å². The van der Waals surface area contributed by atoms with Crippen molar-refractivity contribution in [1.29, 1.82) is 0 Å². The van der Waals surface area contributed by atoms with Crippen molar-refractivity contribution in [3.8, 4) is 0 Å². The molecule has 0 spiro atoms. The molecule has 0 aromatic rings. The zero-order chi connectivity index (χ0) is 21.3. The molecule has 2 aliphatic carbocycles. The smallest absolute Gasteiger partial charge is 0.303 e. The number of aliphatic hydroxyl groups excluding tert-OH is 2. The summed E-state index contributed by atoms with van der Waals surface area (Å²) in [4.78, 5) is 25.4. The number of ether oxygens (including phenoxy) is 2. The van der Waals surface area contributed by atoms with Gasteiger partial charge in [0, 0.05) is 24.7 Å². The number of carbonyl (C=O) groups excluding carboxylic acids is 2. The van der Waals surface area contributed by atoms with Crippen LogP contribution in [0.2, 0.25) is 0 Å². The van der Waals surface area contributed by atoms with Gasteiger partial charge in [0.2, 0.25) is 0 Å². The molecule has 1 saturated heterocycles. The maximum absolute atomic E-state index is 13.5. The molecule has 1 aliphatic heterocycles. The van der Waals surface area contributed by atoms with Crippen LogP contribution in [-0.4, -0.2) is 51.5 Å². The SMILES string of the molecule is C=C[C@@]1(C)CC(=O)[C@H]2[C@](C)(O1)[C@H](OC(C)=O)[C@@H](O)[C@H]1C(C)(C)CC[C@H](O)[C@@]12C. The van der Waals surface area contributed by atoms with Gasteiger partial charge in [-0.1, -0.05) is 26.8 Å². The van der Waals surface area contributed by atoms with Crippen LogP contribution in [0.1, 0.15) is 60.8 Å². The van der Waals surface area contributed by atoms with Crippen molar-refractivity contribution in [2.45, 2.75) is 90.3 Å². The van der Waals surface area contributed by atoms with Crippen LogP contribution in [0.5, 0.6) is 0 Å². The highest BCUT2D eigenvalue weighted by Crippen LogP contribution is 2.65. The van der Waals surface area contributed by atoms with Gasteiger partial charge in [-0.2, -0.15) is 0 Å². The molecule has 0 aromatic carbocycles. The molecule has 2 N–H and O–H groups in total. The molecular formula is C22H34O6. The van der Waals surface area contributed by atoms with Crippen LogP contribution >= 0.6 is 0 Å². The zero-order valence-electron chi connectivity index (χ0n) is 17.8. The third kappa shape index (κ3) is 2.79. The molecule has 0 bridgehead atoms. The van der Waals surface area contributed by atoms with Crippen molar-refractivity contribution in [3.63, 3.8) is 0 Å². The third-order valence-corrected chi connectivity index (χ3v) is 7.73. The van der Waals surface area contributed by atoms with Crippen LogP contribution in [-0.2, 0) is 19.1 Å². The van der Waals surface area contributed by atoms with E-state index in [1.54, 1.807) is 19.9 Å². The molecule has 6 heteroatoms. The van der Waals surface area contributed by atoms with E-state index in [1.165, 1.54) is 6.92 Å². The minimum atomic E-state index is -1.27. The quantitative estimate of drug-likeness (QED) is 0.552. The van der Waals surface area contributed by atoms with E-state index in [0.29, 0.717) is 12.8 Å². The van der Waals surface area contributed by atoms with Crippen molar-refractivity contribution < 1.29 is 29.3 Å². The van der Waals surface area contributed by atoms with Gasteiger partial charge in [-0.3, -0.25) is 9.59 Å². The summed E-state index contributed by atoms with van der Waals surface area (Å²) in [6.07, 6.45) is 0.128. The molecule has 3 fully saturated rings. The Labute approximate surface area is 167 Å². The second-order valence-electron chi connectivity index (χ2n) is 10.3. The summed E-state index contributed by atoms with van der Waals surface area (Å²) in [6, 6.07) is 0. The normalized spacial score (nSPS) is 50.3. The number of aliphatic hydroxyl groups is 2. The summed E-state index contributed by atoms with van der Waals surface area (Å²) in [5.74, 6) is -1.72. The molecule has 2 saturated carbocycles. The Kier molecular flexibility index (Phi) is 4.89. The van der Waals surface area contributed by atoms with Gasteiger partial charge in [0.25, 0.3) is 0 Å². The lowest BCUT2D eigenvalue weighted by Crippen LogP contribution is -2.77. The highest BCUT2D eigenvalue weighted by molar-refractivity contribution is 5.86. The van der Waals surface area contributed by atoms with E-state index in [0.717, 1.165) is 0 Å². The lowest BCUT2D eigenvalue weighted by molar-refractivity contribution is -0.321. The Bertz CT molecular complexity index is 701. The Morgan fingerprint density at radius 2 is 1.86 bits per heavy atom. The Balaban J connectivity index is 2.24. The molecule has 0 unspecified atom stereocenters. The first-order valence-electron chi connectivity index (χ1n) is 10.1. The van der Waals surface area contributed by atoms with E-state index in [1.807, 2.05) is 20.8 Å². The minimum absolute atomic E-state index is 0.0514. The number of hydrogen-bond donors (Lipinski definition) is 2. The topological polar surface area (TPSA) is 93.1 Å². The van der Waals surface area contributed by atoms with E-state index >= 15 is 0 Å². The second kappa shape index (κ2) is 6.38. The number of hydrogen-bond acceptors (Lipinski definition) is 6. The van der Waals surface area contributed by atoms with Crippen molar-refractivity contribution in [2.75, 3.05) is 0 Å². The number of ketones is 1. The molecule has 1 heterocycles. The minimum Gasteiger partial charge on any atom is -0.457 e. The second-order valence-corrected chi connectivity index (χ2v) is 10.3. The van der Waals surface area contributed by atoms with Gasteiger partial charge in [-0.25, -0.2) is 0 Å². The monoisotopic (exact) mass is 394 g/mol. The highest BCUT2D eigenvalue weighted by Gasteiger charge is 2.73. The van der Waals surface area contributed by atoms with Gasteiger partial charge >= 0.3 is 5.97 Å². The van der Waals surface area contributed by atoms with Gasteiger partial charge in [0.05, 0.1) is 23.7 Å². The summed E-state index contributed by atoms with van der Waals surface area (Å²) in [5.41, 5.74) is -3.44. The van der Waals surface area contributed by atoms with Crippen LogP contribution in [0.4, 0.5) is 0 Å². The highest BCUT2D eigenvalue weighted by atomic mass is 16.6. The van der Waals surface area contributed by atoms with Gasteiger partial charge < -0.3 is 19.7 Å². The van der Waals surface area contributed by atoms with Gasteiger partial charge in [0.15, 0.2) is 6.10 Å². The third-order valence-electron chi connectivity index (χ3n) is 7.73. The summed E-state index contributed by atoms with van der Waals surface area (Å²) in [6.45, 7) is 14.6. The van der Waals surface area contributed by atoms with Crippen LogP contribution in [0, 0.1) is 22.7 Å². The summed E-state index contributed by atoms with van der Waals surface area (Å²) >= 11 is 0. The lowest BCUT2D eigenvalue weighted by atomic mass is 9.41. The first-order valence-corrected chi connectivity index (χ1v) is 10.1. The van der Waals surface area contributed by atoms with Crippen molar-refractivity contribution in [1.82, 2.24) is 0 Å². The molecule has 3 rings (SSSR count). The summed E-state index contributed by atoms with van der Waals surface area (Å²) in [5, 5.41) is 22.6. The van der Waals surface area contributed by atoms with Gasteiger partial charge in [-0.15, -0.1) is 6.58 Å². The number of esters is 1. The van der Waals surface area contributed by atoms with E-state index in [4.69, 9.17) is 9.47 Å². The van der Waals surface area contributed by atoms with E-state index < -0.39 is 52.7 Å². The fraction of sp³-hybridized carbons (Fsp3) is 0.818. The molecule has 0 amide bonds. The van der Waals surface area contributed by atoms with Gasteiger partial charge in [0.1, 0.15) is 11.4 Å². The molecule has 8 atom stereocenters. The standard InChI is InChI=1S/C22H34O6/c1-8-20(5)11-13(24)16-21(6)14(25)9-10-19(3,4)17(21)15(26)18(27-12(2)23)22(16,7)28-20/h8,14-18,25-26H,1,9-11H2,2-7H3/t14-,15-,16+,17-,18+,20-,21+,22-/m0/s1.